The van der Waals surface area contributed by atoms with Crippen molar-refractivity contribution in [2.75, 3.05) is 0 Å². The lowest BCUT2D eigenvalue weighted by Crippen LogP contribution is -2.02. The molecule has 6 heteroatoms. The molecule has 0 atom stereocenters. The van der Waals surface area contributed by atoms with E-state index in [1.807, 2.05) is 31.2 Å². The Morgan fingerprint density at radius 3 is 2.72 bits per heavy atom. The summed E-state index contributed by atoms with van der Waals surface area (Å²) in [5.41, 5.74) is 1.99. The van der Waals surface area contributed by atoms with Crippen LogP contribution in [0.4, 0.5) is 5.69 Å². The summed E-state index contributed by atoms with van der Waals surface area (Å²) in [4.78, 5) is 26.4. The molecule has 3 aromatic rings. The first-order valence-electron chi connectivity index (χ1n) is 7.49. The minimum Gasteiger partial charge on any atom is -0.360 e. The van der Waals surface area contributed by atoms with Gasteiger partial charge >= 0.3 is 0 Å². The van der Waals surface area contributed by atoms with Crippen molar-refractivity contribution >= 4 is 28.4 Å². The molecule has 0 radical (unpaired) electrons. The van der Waals surface area contributed by atoms with Crippen molar-refractivity contribution in [2.24, 2.45) is 0 Å². The second kappa shape index (κ2) is 6.42. The number of allylic oxidation sites excluding steroid dienone is 1. The summed E-state index contributed by atoms with van der Waals surface area (Å²) in [6, 6.07) is 13.5. The predicted octanol–water partition coefficient (Wildman–Crippen LogP) is 4.17. The van der Waals surface area contributed by atoms with Gasteiger partial charge in [0.15, 0.2) is 0 Å². The number of H-pyrrole nitrogens is 1. The predicted molar refractivity (Wildman–Crippen MR) is 94.1 cm³/mol. The van der Waals surface area contributed by atoms with Crippen LogP contribution in [0, 0.1) is 28.4 Å². The van der Waals surface area contributed by atoms with Gasteiger partial charge in [0, 0.05) is 28.7 Å². The molecule has 1 N–H and O–H groups in total. The van der Waals surface area contributed by atoms with E-state index in [-0.39, 0.29) is 16.8 Å². The third-order valence-electron chi connectivity index (χ3n) is 3.96. The second-order valence-electron chi connectivity index (χ2n) is 5.51. The maximum absolute atomic E-state index is 12.8. The van der Waals surface area contributed by atoms with Crippen molar-refractivity contribution in [1.82, 2.24) is 4.98 Å². The monoisotopic (exact) mass is 331 g/mol. The SMILES string of the molecule is Cc1cccc2[nH]cc(C(=O)/C(C#N)=C\c3ccccc3[N+](=O)[O-])c12. The van der Waals surface area contributed by atoms with E-state index in [0.717, 1.165) is 16.5 Å². The molecule has 0 saturated carbocycles. The van der Waals surface area contributed by atoms with Gasteiger partial charge in [-0.3, -0.25) is 14.9 Å². The Balaban J connectivity index is 2.12. The van der Waals surface area contributed by atoms with Crippen LogP contribution in [-0.4, -0.2) is 15.7 Å². The smallest absolute Gasteiger partial charge is 0.276 e. The van der Waals surface area contributed by atoms with Crippen LogP contribution in [0.2, 0.25) is 0 Å². The molecule has 25 heavy (non-hydrogen) atoms. The highest BCUT2D eigenvalue weighted by Crippen LogP contribution is 2.26. The van der Waals surface area contributed by atoms with Gasteiger partial charge in [0.2, 0.25) is 5.78 Å². The summed E-state index contributed by atoms with van der Waals surface area (Å²) < 4.78 is 0. The maximum atomic E-state index is 12.8. The number of para-hydroxylation sites is 1. The number of Topliss-reactive ketones (excluding diaryl/α,β-unsaturated/α-hetero) is 1. The summed E-state index contributed by atoms with van der Waals surface area (Å²) in [6.45, 7) is 1.88. The average Bonchev–Trinajstić information content (AvgIpc) is 3.04. The molecule has 0 aliphatic heterocycles. The molecule has 0 fully saturated rings. The molecule has 122 valence electrons. The Morgan fingerprint density at radius 2 is 2.00 bits per heavy atom. The minimum atomic E-state index is -0.541. The highest BCUT2D eigenvalue weighted by molar-refractivity contribution is 6.20. The first kappa shape index (κ1) is 16.1. The molecule has 0 amide bonds. The molecule has 6 nitrogen and oxygen atoms in total. The third-order valence-corrected chi connectivity index (χ3v) is 3.96. The fourth-order valence-corrected chi connectivity index (χ4v) is 2.77. The van der Waals surface area contributed by atoms with Gasteiger partial charge < -0.3 is 4.98 Å². The first-order valence-corrected chi connectivity index (χ1v) is 7.49. The van der Waals surface area contributed by atoms with E-state index in [2.05, 4.69) is 4.98 Å². The summed E-state index contributed by atoms with van der Waals surface area (Å²) in [7, 11) is 0. The first-order chi connectivity index (χ1) is 12.0. The van der Waals surface area contributed by atoms with Gasteiger partial charge in [0.25, 0.3) is 5.69 Å². The summed E-state index contributed by atoms with van der Waals surface area (Å²) in [6.07, 6.45) is 2.82. The maximum Gasteiger partial charge on any atom is 0.276 e. The minimum absolute atomic E-state index is 0.154. The number of nitrogens with one attached hydrogen (secondary N) is 1. The normalized spacial score (nSPS) is 11.3. The van der Waals surface area contributed by atoms with E-state index in [4.69, 9.17) is 0 Å². The van der Waals surface area contributed by atoms with Crippen LogP contribution < -0.4 is 0 Å². The number of carbonyl (C=O) groups excluding carboxylic acids is 1. The van der Waals surface area contributed by atoms with Gasteiger partial charge in [0.05, 0.1) is 10.5 Å². The van der Waals surface area contributed by atoms with Gasteiger partial charge in [-0.1, -0.05) is 24.3 Å². The highest BCUT2D eigenvalue weighted by atomic mass is 16.6. The Morgan fingerprint density at radius 1 is 1.24 bits per heavy atom. The second-order valence-corrected chi connectivity index (χ2v) is 5.51. The van der Waals surface area contributed by atoms with Gasteiger partial charge in [0.1, 0.15) is 11.6 Å². The third kappa shape index (κ3) is 2.91. The van der Waals surface area contributed by atoms with Crippen LogP contribution >= 0.6 is 0 Å². The quantitative estimate of drug-likeness (QED) is 0.255. The molecule has 2 aromatic carbocycles. The Labute approximate surface area is 143 Å². The van der Waals surface area contributed by atoms with Crippen molar-refractivity contribution in [2.45, 2.75) is 6.92 Å². The number of nitro groups is 1. The zero-order valence-corrected chi connectivity index (χ0v) is 13.3. The van der Waals surface area contributed by atoms with Crippen LogP contribution in [0.1, 0.15) is 21.5 Å². The Bertz CT molecular complexity index is 1070. The highest BCUT2D eigenvalue weighted by Gasteiger charge is 2.19. The van der Waals surface area contributed by atoms with Crippen molar-refractivity contribution in [3.05, 3.63) is 81.0 Å². The van der Waals surface area contributed by atoms with Gasteiger partial charge in [-0.05, 0) is 30.7 Å². The molecular formula is C19H13N3O3. The fourth-order valence-electron chi connectivity index (χ4n) is 2.77. The van der Waals surface area contributed by atoms with E-state index >= 15 is 0 Å². The number of nitro benzene ring substituents is 1. The van der Waals surface area contributed by atoms with E-state index in [9.17, 15) is 20.2 Å². The summed E-state index contributed by atoms with van der Waals surface area (Å²) in [5, 5.41) is 21.3. The van der Waals surface area contributed by atoms with Crippen LogP contribution in [0.25, 0.3) is 17.0 Å². The number of rotatable bonds is 4. The number of aryl methyl sites for hydroxylation is 1. The summed E-state index contributed by atoms with van der Waals surface area (Å²) >= 11 is 0. The van der Waals surface area contributed by atoms with Crippen LogP contribution in [0.15, 0.2) is 54.2 Å². The van der Waals surface area contributed by atoms with Gasteiger partial charge in [-0.25, -0.2) is 0 Å². The van der Waals surface area contributed by atoms with Crippen molar-refractivity contribution in [3.63, 3.8) is 0 Å². The topological polar surface area (TPSA) is 99.8 Å². The lowest BCUT2D eigenvalue weighted by atomic mass is 9.99. The molecule has 1 heterocycles. The Hall–Kier alpha value is -3.72. The molecule has 0 unspecified atom stereocenters. The zero-order valence-electron chi connectivity index (χ0n) is 13.3. The van der Waals surface area contributed by atoms with E-state index in [1.54, 1.807) is 12.3 Å². The van der Waals surface area contributed by atoms with Gasteiger partial charge in [-0.2, -0.15) is 5.26 Å². The average molecular weight is 331 g/mol. The standard InChI is InChI=1S/C19H13N3O3/c1-12-5-4-7-16-18(12)15(11-21-16)19(23)14(10-20)9-13-6-2-3-8-17(13)22(24)25/h2-9,11,21H,1H3/b14-9-. The van der Waals surface area contributed by atoms with Crippen molar-refractivity contribution in [1.29, 1.82) is 5.26 Å². The van der Waals surface area contributed by atoms with Gasteiger partial charge in [-0.15, -0.1) is 0 Å². The molecular weight excluding hydrogens is 318 g/mol. The molecule has 0 spiro atoms. The number of hydrogen-bond acceptors (Lipinski definition) is 4. The Kier molecular flexibility index (Phi) is 4.14. The number of benzene rings is 2. The van der Waals surface area contributed by atoms with E-state index in [1.165, 1.54) is 24.3 Å². The lowest BCUT2D eigenvalue weighted by Gasteiger charge is -2.02. The van der Waals surface area contributed by atoms with E-state index < -0.39 is 10.7 Å². The number of aromatic amines is 1. The molecule has 0 saturated heterocycles. The van der Waals surface area contributed by atoms with Crippen molar-refractivity contribution < 1.29 is 9.72 Å². The van der Waals surface area contributed by atoms with Crippen LogP contribution in [0.5, 0.6) is 0 Å². The summed E-state index contributed by atoms with van der Waals surface area (Å²) in [5.74, 6) is -0.471. The molecule has 0 bridgehead atoms. The van der Waals surface area contributed by atoms with Crippen LogP contribution in [0.3, 0.4) is 0 Å². The number of aromatic nitrogens is 1. The van der Waals surface area contributed by atoms with E-state index in [0.29, 0.717) is 5.56 Å². The lowest BCUT2D eigenvalue weighted by molar-refractivity contribution is -0.385. The molecule has 3 rings (SSSR count). The van der Waals surface area contributed by atoms with Crippen LogP contribution in [-0.2, 0) is 0 Å². The van der Waals surface area contributed by atoms with Crippen molar-refractivity contribution in [3.8, 4) is 6.07 Å². The largest absolute Gasteiger partial charge is 0.360 e. The molecule has 1 aromatic heterocycles. The molecule has 0 aliphatic carbocycles. The number of nitriles is 1. The number of carbonyl (C=O) groups is 1. The number of nitrogens with zero attached hydrogens (tertiary/aromatic N) is 2. The number of fused-ring (bicyclic) bond motifs is 1. The zero-order chi connectivity index (χ0) is 18.0. The number of ketones is 1. The number of hydrogen-bond donors (Lipinski definition) is 1. The molecule has 0 aliphatic rings. The fraction of sp³-hybridized carbons (Fsp3) is 0.0526.